The van der Waals surface area contributed by atoms with Crippen molar-refractivity contribution < 1.29 is 27.1 Å². The first-order valence-corrected chi connectivity index (χ1v) is 8.31. The predicted octanol–water partition coefficient (Wildman–Crippen LogP) is 4.51. The molecule has 0 aliphatic heterocycles. The SMILES string of the molecule is COCC(NC(=O)c1cc(F)cc2cccnc12)c1ccc(C(F)(F)F)cc1. The Bertz CT molecular complexity index is 988. The normalized spacial score (nSPS) is 12.8. The van der Waals surface area contributed by atoms with E-state index in [-0.39, 0.29) is 12.2 Å². The minimum Gasteiger partial charge on any atom is -0.382 e. The summed E-state index contributed by atoms with van der Waals surface area (Å²) in [4.78, 5) is 16.9. The van der Waals surface area contributed by atoms with E-state index in [2.05, 4.69) is 10.3 Å². The summed E-state index contributed by atoms with van der Waals surface area (Å²) in [6.45, 7) is 0.0256. The van der Waals surface area contributed by atoms with E-state index in [9.17, 15) is 22.4 Å². The number of pyridine rings is 1. The first-order chi connectivity index (χ1) is 13.3. The van der Waals surface area contributed by atoms with Gasteiger partial charge in [0, 0.05) is 18.7 Å². The van der Waals surface area contributed by atoms with E-state index in [1.807, 2.05) is 0 Å². The maximum atomic E-state index is 13.9. The molecular weight excluding hydrogens is 376 g/mol. The number of hydrogen-bond acceptors (Lipinski definition) is 3. The number of amides is 1. The van der Waals surface area contributed by atoms with E-state index < -0.39 is 29.5 Å². The van der Waals surface area contributed by atoms with Gasteiger partial charge in [-0.2, -0.15) is 13.2 Å². The predicted molar refractivity (Wildman–Crippen MR) is 95.2 cm³/mol. The largest absolute Gasteiger partial charge is 0.416 e. The summed E-state index contributed by atoms with van der Waals surface area (Å²) in [6.07, 6.45) is -2.97. The van der Waals surface area contributed by atoms with Crippen LogP contribution in [-0.4, -0.2) is 24.6 Å². The number of carbonyl (C=O) groups excluding carboxylic acids is 1. The molecule has 3 aromatic rings. The third kappa shape index (κ3) is 4.28. The van der Waals surface area contributed by atoms with Gasteiger partial charge < -0.3 is 10.1 Å². The lowest BCUT2D eigenvalue weighted by Gasteiger charge is -2.19. The Morgan fingerprint density at radius 2 is 1.89 bits per heavy atom. The molecule has 1 N–H and O–H groups in total. The van der Waals surface area contributed by atoms with Gasteiger partial charge in [-0.05, 0) is 35.9 Å². The van der Waals surface area contributed by atoms with Crippen LogP contribution in [0.25, 0.3) is 10.9 Å². The van der Waals surface area contributed by atoms with Gasteiger partial charge in [-0.25, -0.2) is 4.39 Å². The highest BCUT2D eigenvalue weighted by atomic mass is 19.4. The smallest absolute Gasteiger partial charge is 0.382 e. The molecular formula is C20H16F4N2O2. The Labute approximate surface area is 158 Å². The van der Waals surface area contributed by atoms with Crippen molar-refractivity contribution in [2.24, 2.45) is 0 Å². The topological polar surface area (TPSA) is 51.2 Å². The number of nitrogens with zero attached hydrogens (tertiary/aromatic N) is 1. The van der Waals surface area contributed by atoms with E-state index in [4.69, 9.17) is 4.74 Å². The molecule has 0 spiro atoms. The Balaban J connectivity index is 1.90. The molecule has 1 atom stereocenters. The zero-order chi connectivity index (χ0) is 20.3. The van der Waals surface area contributed by atoms with Crippen molar-refractivity contribution in [1.82, 2.24) is 10.3 Å². The number of fused-ring (bicyclic) bond motifs is 1. The number of halogens is 4. The Hall–Kier alpha value is -3.00. The second kappa shape index (κ2) is 7.93. The summed E-state index contributed by atoms with van der Waals surface area (Å²) < 4.78 is 57.2. The van der Waals surface area contributed by atoms with Gasteiger partial charge in [-0.1, -0.05) is 18.2 Å². The van der Waals surface area contributed by atoms with Crippen LogP contribution in [0.1, 0.15) is 27.5 Å². The summed E-state index contributed by atoms with van der Waals surface area (Å²) in [5.41, 5.74) is -0.00969. The molecule has 0 saturated carbocycles. The molecule has 3 rings (SSSR count). The number of methoxy groups -OCH3 is 1. The van der Waals surface area contributed by atoms with E-state index in [1.165, 1.54) is 31.5 Å². The van der Waals surface area contributed by atoms with Crippen molar-refractivity contribution in [2.75, 3.05) is 13.7 Å². The van der Waals surface area contributed by atoms with Gasteiger partial charge in [0.15, 0.2) is 0 Å². The van der Waals surface area contributed by atoms with Crippen LogP contribution in [0.5, 0.6) is 0 Å². The van der Waals surface area contributed by atoms with Gasteiger partial charge in [0.1, 0.15) is 5.82 Å². The molecule has 1 aromatic heterocycles. The highest BCUT2D eigenvalue weighted by Gasteiger charge is 2.30. The van der Waals surface area contributed by atoms with Crippen LogP contribution in [0.15, 0.2) is 54.7 Å². The lowest BCUT2D eigenvalue weighted by Crippen LogP contribution is -2.31. The van der Waals surface area contributed by atoms with Crippen molar-refractivity contribution in [3.05, 3.63) is 77.2 Å². The van der Waals surface area contributed by atoms with Crippen molar-refractivity contribution >= 4 is 16.8 Å². The van der Waals surface area contributed by atoms with Gasteiger partial charge in [0.2, 0.25) is 0 Å². The molecule has 1 heterocycles. The van der Waals surface area contributed by atoms with E-state index in [0.717, 1.165) is 18.2 Å². The second-order valence-electron chi connectivity index (χ2n) is 6.13. The van der Waals surface area contributed by atoms with Gasteiger partial charge in [0.25, 0.3) is 5.91 Å². The third-order valence-electron chi connectivity index (χ3n) is 4.19. The van der Waals surface area contributed by atoms with Gasteiger partial charge >= 0.3 is 6.18 Å². The van der Waals surface area contributed by atoms with Crippen molar-refractivity contribution in [3.8, 4) is 0 Å². The third-order valence-corrected chi connectivity index (χ3v) is 4.19. The lowest BCUT2D eigenvalue weighted by atomic mass is 10.0. The minimum absolute atomic E-state index is 0.0256. The maximum absolute atomic E-state index is 13.9. The molecule has 0 radical (unpaired) electrons. The summed E-state index contributed by atoms with van der Waals surface area (Å²) in [7, 11) is 1.41. The molecule has 0 aliphatic carbocycles. The van der Waals surface area contributed by atoms with E-state index in [1.54, 1.807) is 12.1 Å². The highest BCUT2D eigenvalue weighted by Crippen LogP contribution is 2.30. The molecule has 0 fully saturated rings. The fraction of sp³-hybridized carbons (Fsp3) is 0.200. The van der Waals surface area contributed by atoms with Crippen LogP contribution < -0.4 is 5.32 Å². The van der Waals surface area contributed by atoms with Crippen LogP contribution in [0.4, 0.5) is 17.6 Å². The Kier molecular flexibility index (Phi) is 5.60. The van der Waals surface area contributed by atoms with Crippen LogP contribution in [0.3, 0.4) is 0 Å². The van der Waals surface area contributed by atoms with Crippen LogP contribution >= 0.6 is 0 Å². The Morgan fingerprint density at radius 1 is 1.18 bits per heavy atom. The molecule has 1 unspecified atom stereocenters. The number of ether oxygens (including phenoxy) is 1. The molecule has 2 aromatic carbocycles. The minimum atomic E-state index is -4.45. The number of benzene rings is 2. The van der Waals surface area contributed by atoms with Crippen LogP contribution in [0, 0.1) is 5.82 Å². The van der Waals surface area contributed by atoms with Gasteiger partial charge in [0.05, 0.1) is 29.3 Å². The summed E-state index contributed by atoms with van der Waals surface area (Å²) in [5, 5.41) is 3.14. The molecule has 8 heteroatoms. The quantitative estimate of drug-likeness (QED) is 0.650. The molecule has 146 valence electrons. The fourth-order valence-corrected chi connectivity index (χ4v) is 2.86. The summed E-state index contributed by atoms with van der Waals surface area (Å²) in [5.74, 6) is -1.20. The molecule has 0 bridgehead atoms. The van der Waals surface area contributed by atoms with Gasteiger partial charge in [-0.15, -0.1) is 0 Å². The molecule has 4 nitrogen and oxygen atoms in total. The Morgan fingerprint density at radius 3 is 2.54 bits per heavy atom. The monoisotopic (exact) mass is 392 g/mol. The zero-order valence-corrected chi connectivity index (χ0v) is 14.8. The van der Waals surface area contributed by atoms with E-state index in [0.29, 0.717) is 16.5 Å². The average molecular weight is 392 g/mol. The van der Waals surface area contributed by atoms with Gasteiger partial charge in [-0.3, -0.25) is 9.78 Å². The van der Waals surface area contributed by atoms with Crippen LogP contribution in [-0.2, 0) is 10.9 Å². The average Bonchev–Trinajstić information content (AvgIpc) is 2.66. The molecule has 1 amide bonds. The number of nitrogens with one attached hydrogen (secondary N) is 1. The second-order valence-corrected chi connectivity index (χ2v) is 6.13. The standard InChI is InChI=1S/C20H16F4N2O2/c1-28-11-17(12-4-6-14(7-5-12)20(22,23)24)26-19(27)16-10-15(21)9-13-3-2-8-25-18(13)16/h2-10,17H,11H2,1H3,(H,26,27). The van der Waals surface area contributed by atoms with Crippen molar-refractivity contribution in [2.45, 2.75) is 12.2 Å². The number of hydrogen-bond donors (Lipinski definition) is 1. The molecule has 0 aliphatic rings. The summed E-state index contributed by atoms with van der Waals surface area (Å²) in [6, 6.07) is 9.28. The molecule has 28 heavy (non-hydrogen) atoms. The maximum Gasteiger partial charge on any atom is 0.416 e. The zero-order valence-electron chi connectivity index (χ0n) is 14.8. The lowest BCUT2D eigenvalue weighted by molar-refractivity contribution is -0.137. The fourth-order valence-electron chi connectivity index (χ4n) is 2.86. The van der Waals surface area contributed by atoms with Crippen molar-refractivity contribution in [1.29, 1.82) is 0 Å². The van der Waals surface area contributed by atoms with Crippen LogP contribution in [0.2, 0.25) is 0 Å². The number of aromatic nitrogens is 1. The van der Waals surface area contributed by atoms with E-state index >= 15 is 0 Å². The first kappa shape index (κ1) is 19.8. The number of carbonyl (C=O) groups is 1. The van der Waals surface area contributed by atoms with Crippen molar-refractivity contribution in [3.63, 3.8) is 0 Å². The first-order valence-electron chi connectivity index (χ1n) is 8.31. The summed E-state index contributed by atoms with van der Waals surface area (Å²) >= 11 is 0. The number of rotatable bonds is 5. The molecule has 0 saturated heterocycles. The highest BCUT2D eigenvalue weighted by molar-refractivity contribution is 6.05. The number of alkyl halides is 3.